The van der Waals surface area contributed by atoms with Crippen LogP contribution in [0.2, 0.25) is 0 Å². The van der Waals surface area contributed by atoms with Crippen LogP contribution in [0.5, 0.6) is 0 Å². The maximum Gasteiger partial charge on any atom is 0.257 e. The van der Waals surface area contributed by atoms with E-state index >= 15 is 0 Å². The third-order valence-corrected chi connectivity index (χ3v) is 5.06. The van der Waals surface area contributed by atoms with Crippen molar-refractivity contribution in [2.75, 3.05) is 13.1 Å². The van der Waals surface area contributed by atoms with E-state index in [2.05, 4.69) is 16.1 Å². The number of aromatic nitrogens is 2. The summed E-state index contributed by atoms with van der Waals surface area (Å²) in [4.78, 5) is 17.2. The summed E-state index contributed by atoms with van der Waals surface area (Å²) < 4.78 is 7.39. The Hall–Kier alpha value is -2.08. The van der Waals surface area contributed by atoms with Crippen LogP contribution >= 0.6 is 0 Å². The minimum absolute atomic E-state index is 0.112. The molecule has 0 radical (unpaired) electrons. The number of nitrogens with zero attached hydrogens (tertiary/aromatic N) is 4. The number of hydrogen-bond acceptors (Lipinski definition) is 4. The molecule has 2 aromatic heterocycles. The van der Waals surface area contributed by atoms with Gasteiger partial charge in [-0.3, -0.25) is 14.4 Å². The van der Waals surface area contributed by atoms with E-state index in [1.807, 2.05) is 24.9 Å². The lowest BCUT2D eigenvalue weighted by Gasteiger charge is -2.25. The zero-order valence-electron chi connectivity index (χ0n) is 13.6. The van der Waals surface area contributed by atoms with Crippen molar-refractivity contribution in [2.24, 2.45) is 7.05 Å². The van der Waals surface area contributed by atoms with Gasteiger partial charge in [-0.25, -0.2) is 0 Å². The Labute approximate surface area is 135 Å². The molecule has 4 rings (SSSR count). The highest BCUT2D eigenvalue weighted by atomic mass is 16.3. The van der Waals surface area contributed by atoms with Gasteiger partial charge in [0.25, 0.3) is 5.91 Å². The first-order valence-electron chi connectivity index (χ1n) is 8.21. The van der Waals surface area contributed by atoms with E-state index in [4.69, 9.17) is 4.42 Å². The van der Waals surface area contributed by atoms with Crippen molar-refractivity contribution in [3.05, 3.63) is 41.6 Å². The second-order valence-corrected chi connectivity index (χ2v) is 6.60. The summed E-state index contributed by atoms with van der Waals surface area (Å²) in [7, 11) is 1.84. The van der Waals surface area contributed by atoms with Crippen LogP contribution in [0.25, 0.3) is 0 Å². The van der Waals surface area contributed by atoms with Crippen LogP contribution in [0, 0.1) is 6.92 Å². The van der Waals surface area contributed by atoms with E-state index in [0.29, 0.717) is 17.6 Å². The van der Waals surface area contributed by atoms with Crippen molar-refractivity contribution in [3.8, 4) is 0 Å². The quantitative estimate of drug-likeness (QED) is 0.867. The van der Waals surface area contributed by atoms with Gasteiger partial charge in [-0.2, -0.15) is 5.10 Å². The van der Waals surface area contributed by atoms with Crippen LogP contribution in [0.3, 0.4) is 0 Å². The zero-order chi connectivity index (χ0) is 16.0. The molecule has 0 spiro atoms. The molecule has 2 fully saturated rings. The standard InChI is InChI=1S/C17H22N4O2/c1-12-3-4-14(23-12)11-20-7-5-16-15(20)6-8-21(16)17(22)13-9-18-19(2)10-13/h3-4,9-10,15-16H,5-8,11H2,1-2H3/t15-,16+/m1/s1. The van der Waals surface area contributed by atoms with E-state index < -0.39 is 0 Å². The molecule has 4 heterocycles. The van der Waals surface area contributed by atoms with Gasteiger partial charge in [0.05, 0.1) is 18.3 Å². The van der Waals surface area contributed by atoms with Gasteiger partial charge in [-0.1, -0.05) is 0 Å². The molecule has 0 aliphatic carbocycles. The van der Waals surface area contributed by atoms with Gasteiger partial charge >= 0.3 is 0 Å². The van der Waals surface area contributed by atoms with Crippen molar-refractivity contribution in [1.82, 2.24) is 19.6 Å². The largest absolute Gasteiger partial charge is 0.465 e. The third kappa shape index (κ3) is 2.57. The lowest BCUT2D eigenvalue weighted by atomic mass is 10.1. The molecule has 0 saturated carbocycles. The summed E-state index contributed by atoms with van der Waals surface area (Å²) in [5.41, 5.74) is 0.688. The molecule has 0 bridgehead atoms. The Morgan fingerprint density at radius 3 is 2.83 bits per heavy atom. The zero-order valence-corrected chi connectivity index (χ0v) is 13.6. The number of likely N-dealkylation sites (tertiary alicyclic amines) is 2. The average molecular weight is 314 g/mol. The SMILES string of the molecule is Cc1ccc(CN2CC[C@H]3[C@H]2CCN3C(=O)c2cnn(C)c2)o1. The highest BCUT2D eigenvalue weighted by molar-refractivity contribution is 5.94. The Morgan fingerprint density at radius 1 is 1.30 bits per heavy atom. The number of fused-ring (bicyclic) bond motifs is 1. The highest BCUT2D eigenvalue weighted by Gasteiger charge is 2.44. The molecule has 122 valence electrons. The molecule has 1 amide bonds. The van der Waals surface area contributed by atoms with Gasteiger partial charge in [0.15, 0.2) is 0 Å². The van der Waals surface area contributed by atoms with Crippen molar-refractivity contribution in [2.45, 2.75) is 38.4 Å². The first-order valence-corrected chi connectivity index (χ1v) is 8.21. The Bertz CT molecular complexity index is 720. The van der Waals surface area contributed by atoms with Crippen LogP contribution < -0.4 is 0 Å². The first kappa shape index (κ1) is 14.5. The lowest BCUT2D eigenvalue weighted by Crippen LogP contribution is -2.39. The van der Waals surface area contributed by atoms with E-state index in [1.165, 1.54) is 0 Å². The molecule has 0 aromatic carbocycles. The fourth-order valence-corrected chi connectivity index (χ4v) is 3.99. The number of hydrogen-bond donors (Lipinski definition) is 0. The number of aryl methyl sites for hydroxylation is 2. The number of carbonyl (C=O) groups is 1. The summed E-state index contributed by atoms with van der Waals surface area (Å²) in [6, 6.07) is 4.83. The normalized spacial score (nSPS) is 24.3. The molecule has 6 nitrogen and oxygen atoms in total. The molecule has 6 heteroatoms. The molecule has 2 atom stereocenters. The van der Waals surface area contributed by atoms with Gasteiger partial charge in [0.1, 0.15) is 11.5 Å². The van der Waals surface area contributed by atoms with Crippen LogP contribution in [-0.2, 0) is 13.6 Å². The summed E-state index contributed by atoms with van der Waals surface area (Å²) in [6.45, 7) is 4.66. The average Bonchev–Trinajstić information content (AvgIpc) is 3.26. The molecule has 2 saturated heterocycles. The van der Waals surface area contributed by atoms with E-state index in [0.717, 1.165) is 44.0 Å². The van der Waals surface area contributed by atoms with Crippen LogP contribution in [0.4, 0.5) is 0 Å². The number of carbonyl (C=O) groups excluding carboxylic acids is 1. The fraction of sp³-hybridized carbons (Fsp3) is 0.529. The summed E-state index contributed by atoms with van der Waals surface area (Å²) in [5, 5.41) is 4.11. The molecular weight excluding hydrogens is 292 g/mol. The molecule has 2 aromatic rings. The summed E-state index contributed by atoms with van der Waals surface area (Å²) in [6.07, 6.45) is 5.54. The highest BCUT2D eigenvalue weighted by Crippen LogP contribution is 2.33. The monoisotopic (exact) mass is 314 g/mol. The van der Waals surface area contributed by atoms with Crippen molar-refractivity contribution in [3.63, 3.8) is 0 Å². The molecule has 0 unspecified atom stereocenters. The summed E-state index contributed by atoms with van der Waals surface area (Å²) in [5.74, 6) is 2.08. The summed E-state index contributed by atoms with van der Waals surface area (Å²) >= 11 is 0. The van der Waals surface area contributed by atoms with Crippen molar-refractivity contribution >= 4 is 5.91 Å². The third-order valence-electron chi connectivity index (χ3n) is 5.06. The smallest absolute Gasteiger partial charge is 0.257 e. The lowest BCUT2D eigenvalue weighted by molar-refractivity contribution is 0.0731. The van der Waals surface area contributed by atoms with E-state index in [9.17, 15) is 4.79 Å². The van der Waals surface area contributed by atoms with E-state index in [-0.39, 0.29) is 5.91 Å². The Balaban J connectivity index is 1.46. The van der Waals surface area contributed by atoms with Crippen molar-refractivity contribution < 1.29 is 9.21 Å². The van der Waals surface area contributed by atoms with Gasteiger partial charge in [0, 0.05) is 38.4 Å². The van der Waals surface area contributed by atoms with Gasteiger partial charge in [-0.05, 0) is 31.9 Å². The van der Waals surface area contributed by atoms with Crippen molar-refractivity contribution in [1.29, 1.82) is 0 Å². The predicted molar refractivity (Wildman–Crippen MR) is 84.9 cm³/mol. The maximum atomic E-state index is 12.7. The topological polar surface area (TPSA) is 54.5 Å². The fourth-order valence-electron chi connectivity index (χ4n) is 3.99. The van der Waals surface area contributed by atoms with E-state index in [1.54, 1.807) is 17.1 Å². The van der Waals surface area contributed by atoms with Crippen LogP contribution in [0.1, 0.15) is 34.7 Å². The minimum atomic E-state index is 0.112. The Morgan fingerprint density at radius 2 is 2.13 bits per heavy atom. The predicted octanol–water partition coefficient (Wildman–Crippen LogP) is 1.81. The van der Waals surface area contributed by atoms with Gasteiger partial charge in [0.2, 0.25) is 0 Å². The molecule has 0 N–H and O–H groups in total. The Kier molecular flexibility index (Phi) is 3.49. The number of furan rings is 1. The number of rotatable bonds is 3. The van der Waals surface area contributed by atoms with Gasteiger partial charge < -0.3 is 9.32 Å². The maximum absolute atomic E-state index is 12.7. The molecular formula is C17H22N4O2. The molecule has 2 aliphatic heterocycles. The molecule has 2 aliphatic rings. The second-order valence-electron chi connectivity index (χ2n) is 6.60. The first-order chi connectivity index (χ1) is 11.1. The number of amides is 1. The van der Waals surface area contributed by atoms with Gasteiger partial charge in [-0.15, -0.1) is 0 Å². The van der Waals surface area contributed by atoms with Crippen LogP contribution in [0.15, 0.2) is 28.9 Å². The minimum Gasteiger partial charge on any atom is -0.465 e. The molecule has 23 heavy (non-hydrogen) atoms. The van der Waals surface area contributed by atoms with Crippen LogP contribution in [-0.4, -0.2) is 50.7 Å². The second kappa shape index (κ2) is 5.53.